The van der Waals surface area contributed by atoms with Gasteiger partial charge in [-0.05, 0) is 36.8 Å². The van der Waals surface area contributed by atoms with Crippen molar-refractivity contribution < 1.29 is 14.7 Å². The van der Waals surface area contributed by atoms with Crippen LogP contribution in [0.25, 0.3) is 6.08 Å². The topological polar surface area (TPSA) is 66.4 Å². The van der Waals surface area contributed by atoms with Crippen LogP contribution in [0.1, 0.15) is 33.8 Å². The average molecular weight is 311 g/mol. The zero-order chi connectivity index (χ0) is 14.4. The number of aliphatic carboxylic acids is 1. The van der Waals surface area contributed by atoms with Crippen molar-refractivity contribution in [3.63, 3.8) is 0 Å². The van der Waals surface area contributed by atoms with Crippen molar-refractivity contribution in [1.29, 1.82) is 0 Å². The molecule has 108 valence electrons. The number of carbonyl (C=O) groups excluding carboxylic acids is 1. The van der Waals surface area contributed by atoms with Crippen LogP contribution in [0.3, 0.4) is 0 Å². The van der Waals surface area contributed by atoms with Crippen LogP contribution in [-0.4, -0.2) is 34.5 Å². The van der Waals surface area contributed by atoms with Gasteiger partial charge in [-0.1, -0.05) is 6.42 Å². The Balaban J connectivity index is 1.84. The standard InChI is InChI=1S/C14H17NO3S2/c16-13(17)7-5-10-4-6-12(20-10)14(18)15-9-11-3-1-2-8-19-11/h4-7,11H,1-3,8-9H2,(H,15,18)(H,16,17)/b7-5+. The molecule has 2 heterocycles. The number of carboxylic acids is 1. The quantitative estimate of drug-likeness (QED) is 0.821. The third kappa shape index (κ3) is 4.68. The summed E-state index contributed by atoms with van der Waals surface area (Å²) in [7, 11) is 0. The maximum atomic E-state index is 12.0. The fraction of sp³-hybridized carbons (Fsp3) is 0.429. The first-order chi connectivity index (χ1) is 9.65. The molecule has 0 radical (unpaired) electrons. The molecule has 0 saturated carbocycles. The molecule has 1 atom stereocenters. The molecular weight excluding hydrogens is 294 g/mol. The fourth-order valence-electron chi connectivity index (χ4n) is 1.98. The number of hydrogen-bond donors (Lipinski definition) is 2. The number of thiophene rings is 1. The lowest BCUT2D eigenvalue weighted by Crippen LogP contribution is -2.31. The lowest BCUT2D eigenvalue weighted by molar-refractivity contribution is -0.131. The van der Waals surface area contributed by atoms with E-state index in [2.05, 4.69) is 5.32 Å². The van der Waals surface area contributed by atoms with Gasteiger partial charge in [0.25, 0.3) is 5.91 Å². The van der Waals surface area contributed by atoms with E-state index in [-0.39, 0.29) is 5.91 Å². The van der Waals surface area contributed by atoms with Gasteiger partial charge in [0.15, 0.2) is 0 Å². The summed E-state index contributed by atoms with van der Waals surface area (Å²) in [6.07, 6.45) is 6.27. The highest BCUT2D eigenvalue weighted by Gasteiger charge is 2.15. The van der Waals surface area contributed by atoms with Crippen molar-refractivity contribution in [2.24, 2.45) is 0 Å². The number of carbonyl (C=O) groups is 2. The molecule has 1 aromatic rings. The van der Waals surface area contributed by atoms with E-state index in [0.717, 1.165) is 11.0 Å². The second-order valence-corrected chi connectivity index (χ2v) is 7.10. The van der Waals surface area contributed by atoms with Crippen molar-refractivity contribution in [2.45, 2.75) is 24.5 Å². The minimum atomic E-state index is -0.987. The first kappa shape index (κ1) is 15.1. The molecular formula is C14H17NO3S2. The molecule has 0 aliphatic carbocycles. The minimum Gasteiger partial charge on any atom is -0.478 e. The van der Waals surface area contributed by atoms with Crippen molar-refractivity contribution in [1.82, 2.24) is 5.32 Å². The van der Waals surface area contributed by atoms with Gasteiger partial charge in [-0.2, -0.15) is 11.8 Å². The predicted molar refractivity (Wildman–Crippen MR) is 83.4 cm³/mol. The first-order valence-electron chi connectivity index (χ1n) is 6.56. The normalized spacial score (nSPS) is 19.1. The van der Waals surface area contributed by atoms with Crippen LogP contribution in [0.15, 0.2) is 18.2 Å². The van der Waals surface area contributed by atoms with E-state index in [9.17, 15) is 9.59 Å². The van der Waals surface area contributed by atoms with Crippen LogP contribution in [0.4, 0.5) is 0 Å². The molecule has 6 heteroatoms. The minimum absolute atomic E-state index is 0.0730. The van der Waals surface area contributed by atoms with Gasteiger partial charge < -0.3 is 10.4 Å². The Hall–Kier alpha value is -1.27. The molecule has 1 aromatic heterocycles. The molecule has 2 N–H and O–H groups in total. The van der Waals surface area contributed by atoms with E-state index in [1.54, 1.807) is 12.1 Å². The molecule has 1 saturated heterocycles. The highest BCUT2D eigenvalue weighted by Crippen LogP contribution is 2.24. The van der Waals surface area contributed by atoms with Crippen LogP contribution in [0, 0.1) is 0 Å². The fourth-order valence-corrected chi connectivity index (χ4v) is 4.05. The van der Waals surface area contributed by atoms with Crippen LogP contribution in [-0.2, 0) is 4.79 Å². The van der Waals surface area contributed by atoms with Gasteiger partial charge >= 0.3 is 5.97 Å². The van der Waals surface area contributed by atoms with Crippen molar-refractivity contribution in [2.75, 3.05) is 12.3 Å². The highest BCUT2D eigenvalue weighted by molar-refractivity contribution is 7.99. The van der Waals surface area contributed by atoms with Gasteiger partial charge in [0, 0.05) is 22.7 Å². The first-order valence-corrected chi connectivity index (χ1v) is 8.42. The number of carboxylic acid groups (broad SMARTS) is 1. The molecule has 1 amide bonds. The summed E-state index contributed by atoms with van der Waals surface area (Å²) in [5, 5.41) is 12.0. The molecule has 1 aliphatic heterocycles. The Bertz CT molecular complexity index is 504. The van der Waals surface area contributed by atoms with E-state index < -0.39 is 5.97 Å². The van der Waals surface area contributed by atoms with E-state index >= 15 is 0 Å². The third-order valence-corrected chi connectivity index (χ3v) is 5.45. The van der Waals surface area contributed by atoms with Gasteiger partial charge in [-0.3, -0.25) is 4.79 Å². The molecule has 4 nitrogen and oxygen atoms in total. The molecule has 20 heavy (non-hydrogen) atoms. The van der Waals surface area contributed by atoms with Crippen LogP contribution >= 0.6 is 23.1 Å². The maximum absolute atomic E-state index is 12.0. The second kappa shape index (κ2) is 7.50. The molecule has 0 bridgehead atoms. The zero-order valence-corrected chi connectivity index (χ0v) is 12.6. The van der Waals surface area contributed by atoms with Gasteiger partial charge in [0.05, 0.1) is 4.88 Å². The smallest absolute Gasteiger partial charge is 0.328 e. The number of amides is 1. The van der Waals surface area contributed by atoms with Crippen LogP contribution in [0.2, 0.25) is 0 Å². The number of hydrogen-bond acceptors (Lipinski definition) is 4. The van der Waals surface area contributed by atoms with Gasteiger partial charge in [0.2, 0.25) is 0 Å². The number of rotatable bonds is 5. The molecule has 1 fully saturated rings. The third-order valence-electron chi connectivity index (χ3n) is 3.01. The van der Waals surface area contributed by atoms with E-state index in [0.29, 0.717) is 16.7 Å². The number of nitrogens with one attached hydrogen (secondary N) is 1. The predicted octanol–water partition coefficient (Wildman–Crippen LogP) is 2.86. The summed E-state index contributed by atoms with van der Waals surface area (Å²) in [5.74, 6) is 0.124. The summed E-state index contributed by atoms with van der Waals surface area (Å²) >= 11 is 3.23. The van der Waals surface area contributed by atoms with Crippen molar-refractivity contribution in [3.8, 4) is 0 Å². The Kier molecular flexibility index (Phi) is 5.67. The van der Waals surface area contributed by atoms with E-state index in [1.165, 1.54) is 42.4 Å². The molecule has 2 rings (SSSR count). The number of thioether (sulfide) groups is 1. The Morgan fingerprint density at radius 3 is 2.95 bits per heavy atom. The molecule has 1 unspecified atom stereocenters. The zero-order valence-electron chi connectivity index (χ0n) is 11.0. The molecule has 0 spiro atoms. The Morgan fingerprint density at radius 1 is 1.40 bits per heavy atom. The molecule has 0 aromatic carbocycles. The van der Waals surface area contributed by atoms with E-state index in [1.807, 2.05) is 11.8 Å². The Morgan fingerprint density at radius 2 is 2.25 bits per heavy atom. The van der Waals surface area contributed by atoms with Gasteiger partial charge in [-0.25, -0.2) is 4.79 Å². The van der Waals surface area contributed by atoms with Crippen molar-refractivity contribution >= 4 is 41.1 Å². The molecule has 1 aliphatic rings. The monoisotopic (exact) mass is 311 g/mol. The second-order valence-electron chi connectivity index (χ2n) is 4.57. The summed E-state index contributed by atoms with van der Waals surface area (Å²) in [6.45, 7) is 0.710. The van der Waals surface area contributed by atoms with Gasteiger partial charge in [0.1, 0.15) is 0 Å². The van der Waals surface area contributed by atoms with E-state index in [4.69, 9.17) is 5.11 Å². The summed E-state index contributed by atoms with van der Waals surface area (Å²) in [4.78, 5) is 23.8. The largest absolute Gasteiger partial charge is 0.478 e. The van der Waals surface area contributed by atoms with Gasteiger partial charge in [-0.15, -0.1) is 11.3 Å². The average Bonchev–Trinajstić information content (AvgIpc) is 2.92. The lowest BCUT2D eigenvalue weighted by Gasteiger charge is -2.21. The lowest BCUT2D eigenvalue weighted by atomic mass is 10.2. The highest BCUT2D eigenvalue weighted by atomic mass is 32.2. The SMILES string of the molecule is O=C(O)/C=C/c1ccc(C(=O)NCC2CCCCS2)s1. The Labute approximate surface area is 126 Å². The summed E-state index contributed by atoms with van der Waals surface area (Å²) in [6, 6.07) is 3.49. The van der Waals surface area contributed by atoms with Crippen LogP contribution < -0.4 is 5.32 Å². The summed E-state index contributed by atoms with van der Waals surface area (Å²) < 4.78 is 0. The van der Waals surface area contributed by atoms with Crippen LogP contribution in [0.5, 0.6) is 0 Å². The van der Waals surface area contributed by atoms with Crippen molar-refractivity contribution in [3.05, 3.63) is 28.0 Å². The summed E-state index contributed by atoms with van der Waals surface area (Å²) in [5.41, 5.74) is 0. The maximum Gasteiger partial charge on any atom is 0.328 e.